The number of rotatable bonds is 7. The van der Waals surface area contributed by atoms with Crippen LogP contribution in [-0.4, -0.2) is 40.0 Å². The van der Waals surface area contributed by atoms with Crippen molar-refractivity contribution in [3.8, 4) is 11.4 Å². The molecule has 0 radical (unpaired) electrons. The fraction of sp³-hybridized carbons (Fsp3) is 0.308. The number of benzene rings is 2. The first-order valence-electron chi connectivity index (χ1n) is 11.2. The Morgan fingerprint density at radius 1 is 1.18 bits per heavy atom. The summed E-state index contributed by atoms with van der Waals surface area (Å²) in [5.41, 5.74) is 4.63. The first kappa shape index (κ1) is 23.7. The molecule has 2 heterocycles. The maximum Gasteiger partial charge on any atom is 0.222 e. The summed E-state index contributed by atoms with van der Waals surface area (Å²) in [6, 6.07) is 12.8. The molecule has 0 spiro atoms. The predicted molar refractivity (Wildman–Crippen MR) is 134 cm³/mol. The Balaban J connectivity index is 1.78. The number of aryl methyl sites for hydroxylation is 1. The highest BCUT2D eigenvalue weighted by Crippen LogP contribution is 2.34. The lowest BCUT2D eigenvalue weighted by Gasteiger charge is -2.14. The molecule has 0 bridgehead atoms. The molecule has 1 aliphatic heterocycles. The second-order valence-corrected chi connectivity index (χ2v) is 8.88. The van der Waals surface area contributed by atoms with Gasteiger partial charge in [0.05, 0.1) is 24.9 Å². The maximum absolute atomic E-state index is 12.9. The number of nitrogens with zero attached hydrogens (tertiary/aromatic N) is 4. The number of carbonyl (C=O) groups is 1. The molecule has 0 fully saturated rings. The monoisotopic (exact) mass is 477 g/mol. The van der Waals surface area contributed by atoms with E-state index in [9.17, 15) is 4.79 Å². The number of aliphatic imine (C=N–C) groups is 1. The van der Waals surface area contributed by atoms with Gasteiger partial charge in [-0.3, -0.25) is 14.4 Å². The number of methoxy groups -OCH3 is 1. The molecular formula is C26H28ClN5O2. The van der Waals surface area contributed by atoms with Gasteiger partial charge in [-0.2, -0.15) is 0 Å². The van der Waals surface area contributed by atoms with Crippen LogP contribution in [0.1, 0.15) is 55.5 Å². The second kappa shape index (κ2) is 10.2. The summed E-state index contributed by atoms with van der Waals surface area (Å²) in [6.45, 7) is 6.56. The van der Waals surface area contributed by atoms with Gasteiger partial charge in [0.1, 0.15) is 17.6 Å². The third kappa shape index (κ3) is 5.04. The fourth-order valence-corrected chi connectivity index (χ4v) is 4.12. The zero-order chi connectivity index (χ0) is 24.2. The summed E-state index contributed by atoms with van der Waals surface area (Å²) < 4.78 is 7.48. The summed E-state index contributed by atoms with van der Waals surface area (Å²) in [5.74, 6) is 1.99. The van der Waals surface area contributed by atoms with Gasteiger partial charge in [0.2, 0.25) is 5.91 Å². The third-order valence-electron chi connectivity index (χ3n) is 5.65. The summed E-state index contributed by atoms with van der Waals surface area (Å²) >= 11 is 6.15. The fourth-order valence-electron chi connectivity index (χ4n) is 4.00. The van der Waals surface area contributed by atoms with Crippen molar-refractivity contribution in [3.63, 3.8) is 0 Å². The number of amides is 1. The quantitative estimate of drug-likeness (QED) is 0.384. The Kier molecular flexibility index (Phi) is 7.12. The van der Waals surface area contributed by atoms with Crippen molar-refractivity contribution in [2.24, 2.45) is 4.99 Å². The summed E-state index contributed by atoms with van der Waals surface area (Å²) in [6.07, 6.45) is 3.06. The highest BCUT2D eigenvalue weighted by Gasteiger charge is 2.29. The number of halogens is 1. The Morgan fingerprint density at radius 2 is 1.94 bits per heavy atom. The predicted octanol–water partition coefficient (Wildman–Crippen LogP) is 4.99. The molecule has 3 aromatic rings. The van der Waals surface area contributed by atoms with Crippen LogP contribution in [0.4, 0.5) is 0 Å². The molecule has 8 heteroatoms. The van der Waals surface area contributed by atoms with E-state index >= 15 is 0 Å². The van der Waals surface area contributed by atoms with Gasteiger partial charge in [0, 0.05) is 22.7 Å². The van der Waals surface area contributed by atoms with Crippen LogP contribution in [0.5, 0.6) is 5.75 Å². The molecule has 0 aliphatic carbocycles. The number of ether oxygens (including phenoxy) is 1. The molecular weight excluding hydrogens is 450 g/mol. The Labute approximate surface area is 204 Å². The Bertz CT molecular complexity index is 1260. The van der Waals surface area contributed by atoms with E-state index in [0.29, 0.717) is 23.1 Å². The molecule has 1 atom stereocenters. The highest BCUT2D eigenvalue weighted by molar-refractivity contribution is 6.30. The van der Waals surface area contributed by atoms with E-state index in [-0.39, 0.29) is 12.3 Å². The zero-order valence-electron chi connectivity index (χ0n) is 19.8. The first-order valence-corrected chi connectivity index (χ1v) is 11.6. The molecule has 4 rings (SSSR count). The van der Waals surface area contributed by atoms with Crippen LogP contribution in [0.3, 0.4) is 0 Å². The molecule has 2 aromatic carbocycles. The van der Waals surface area contributed by atoms with Crippen LogP contribution in [0.25, 0.3) is 5.69 Å². The number of carbonyl (C=O) groups excluding carboxylic acids is 1. The Morgan fingerprint density at radius 3 is 2.65 bits per heavy atom. The van der Waals surface area contributed by atoms with Crippen LogP contribution in [-0.2, 0) is 4.79 Å². The van der Waals surface area contributed by atoms with Crippen molar-refractivity contribution in [1.82, 2.24) is 20.1 Å². The molecule has 0 saturated carbocycles. The van der Waals surface area contributed by atoms with E-state index in [0.717, 1.165) is 34.8 Å². The lowest BCUT2D eigenvalue weighted by atomic mass is 10.00. The average molecular weight is 478 g/mol. The second-order valence-electron chi connectivity index (χ2n) is 8.45. The van der Waals surface area contributed by atoms with E-state index in [4.69, 9.17) is 21.3 Å². The molecule has 1 amide bonds. The number of fused-ring (bicyclic) bond motifs is 3. The summed E-state index contributed by atoms with van der Waals surface area (Å²) in [5, 5.41) is 12.4. The maximum atomic E-state index is 12.9. The van der Waals surface area contributed by atoms with Crippen LogP contribution in [0, 0.1) is 6.92 Å². The van der Waals surface area contributed by atoms with E-state index < -0.39 is 6.04 Å². The van der Waals surface area contributed by atoms with Gasteiger partial charge < -0.3 is 10.1 Å². The first-order chi connectivity index (χ1) is 16.4. The highest BCUT2D eigenvalue weighted by atomic mass is 35.5. The SMILES string of the molecule is COc1ccc2c(c1)C(c1ccc(Cl)cc1)=N[C@H](CC(=O)NCCC=C(C)C)c1nnc(C)n1-2. The smallest absolute Gasteiger partial charge is 0.222 e. The molecule has 176 valence electrons. The minimum atomic E-state index is -0.506. The van der Waals surface area contributed by atoms with Gasteiger partial charge >= 0.3 is 0 Å². The lowest BCUT2D eigenvalue weighted by Crippen LogP contribution is -2.26. The van der Waals surface area contributed by atoms with Gasteiger partial charge in [-0.1, -0.05) is 35.4 Å². The van der Waals surface area contributed by atoms with Crippen molar-refractivity contribution in [2.45, 2.75) is 39.7 Å². The van der Waals surface area contributed by atoms with Crippen LogP contribution >= 0.6 is 11.6 Å². The molecule has 1 aliphatic rings. The number of hydrogen-bond donors (Lipinski definition) is 1. The third-order valence-corrected chi connectivity index (χ3v) is 5.90. The van der Waals surface area contributed by atoms with Gasteiger partial charge in [0.15, 0.2) is 5.82 Å². The van der Waals surface area contributed by atoms with Gasteiger partial charge in [-0.05, 0) is 57.5 Å². The lowest BCUT2D eigenvalue weighted by molar-refractivity contribution is -0.121. The van der Waals surface area contributed by atoms with Crippen molar-refractivity contribution in [2.75, 3.05) is 13.7 Å². The molecule has 1 N–H and O–H groups in total. The van der Waals surface area contributed by atoms with Crippen LogP contribution in [0.15, 0.2) is 59.1 Å². The minimum Gasteiger partial charge on any atom is -0.497 e. The van der Waals surface area contributed by atoms with Crippen molar-refractivity contribution in [3.05, 3.63) is 81.9 Å². The van der Waals surface area contributed by atoms with Crippen LogP contribution in [0.2, 0.25) is 5.02 Å². The largest absolute Gasteiger partial charge is 0.497 e. The van der Waals surface area contributed by atoms with E-state index in [1.165, 1.54) is 5.57 Å². The van der Waals surface area contributed by atoms with E-state index in [1.54, 1.807) is 7.11 Å². The summed E-state index contributed by atoms with van der Waals surface area (Å²) in [4.78, 5) is 17.9. The van der Waals surface area contributed by atoms with Crippen LogP contribution < -0.4 is 10.1 Å². The van der Waals surface area contributed by atoms with E-state index in [2.05, 4.69) is 21.6 Å². The number of aromatic nitrogens is 3. The zero-order valence-corrected chi connectivity index (χ0v) is 20.6. The molecule has 1 aromatic heterocycles. The number of hydrogen-bond acceptors (Lipinski definition) is 5. The molecule has 7 nitrogen and oxygen atoms in total. The standard InChI is InChI=1S/C26H28ClN5O2/c1-16(2)6-5-13-28-24(33)15-22-26-31-30-17(3)32(26)23-12-11-20(34-4)14-21(23)25(29-22)18-7-9-19(27)10-8-18/h6-12,14,22H,5,13,15H2,1-4H3,(H,28,33)/t22-/m1/s1. The topological polar surface area (TPSA) is 81.4 Å². The van der Waals surface area contributed by atoms with Crippen molar-refractivity contribution in [1.29, 1.82) is 0 Å². The van der Waals surface area contributed by atoms with Gasteiger partial charge in [-0.15, -0.1) is 10.2 Å². The number of allylic oxidation sites excluding steroid dienone is 1. The molecule has 34 heavy (non-hydrogen) atoms. The van der Waals surface area contributed by atoms with Crippen molar-refractivity contribution < 1.29 is 9.53 Å². The van der Waals surface area contributed by atoms with E-state index in [1.807, 2.05) is 67.8 Å². The normalized spacial score (nSPS) is 14.4. The number of nitrogens with one attached hydrogen (secondary N) is 1. The molecule has 0 saturated heterocycles. The molecule has 0 unspecified atom stereocenters. The van der Waals surface area contributed by atoms with Gasteiger partial charge in [0.25, 0.3) is 0 Å². The van der Waals surface area contributed by atoms with Crippen molar-refractivity contribution >= 4 is 23.2 Å². The van der Waals surface area contributed by atoms with Gasteiger partial charge in [-0.25, -0.2) is 0 Å². The average Bonchev–Trinajstić information content (AvgIpc) is 3.14. The summed E-state index contributed by atoms with van der Waals surface area (Å²) in [7, 11) is 1.63. The Hall–Kier alpha value is -3.45. The minimum absolute atomic E-state index is 0.0814.